The first-order valence-corrected chi connectivity index (χ1v) is 4.32. The van der Waals surface area contributed by atoms with Crippen molar-refractivity contribution in [3.63, 3.8) is 0 Å². The van der Waals surface area contributed by atoms with Gasteiger partial charge in [-0.1, -0.05) is 25.8 Å². The van der Waals surface area contributed by atoms with Crippen molar-refractivity contribution in [1.29, 1.82) is 0 Å². The van der Waals surface area contributed by atoms with Crippen LogP contribution in [0.15, 0.2) is 24.5 Å². The van der Waals surface area contributed by atoms with E-state index in [0.29, 0.717) is 0 Å². The molecule has 0 aliphatic rings. The Kier molecular flexibility index (Phi) is 8.30. The second-order valence-electron chi connectivity index (χ2n) is 2.82. The van der Waals surface area contributed by atoms with E-state index in [1.54, 1.807) is 0 Å². The van der Waals surface area contributed by atoms with Crippen LogP contribution in [0.1, 0.15) is 31.7 Å². The van der Waals surface area contributed by atoms with E-state index in [9.17, 15) is 0 Å². The molecule has 1 heterocycles. The Hall–Kier alpha value is 0.410. The summed E-state index contributed by atoms with van der Waals surface area (Å²) in [6, 6.07) is 4.14. The molecule has 0 atom stereocenters. The van der Waals surface area contributed by atoms with Crippen molar-refractivity contribution in [3.05, 3.63) is 30.1 Å². The summed E-state index contributed by atoms with van der Waals surface area (Å²) >= 11 is 0. The molecule has 0 aliphatic heterocycles. The first kappa shape index (κ1) is 12.4. The Labute approximate surface area is 105 Å². The Morgan fingerprint density at radius 3 is 2.75 bits per heavy atom. The quantitative estimate of drug-likeness (QED) is 0.523. The third-order valence-corrected chi connectivity index (χ3v) is 1.79. The summed E-state index contributed by atoms with van der Waals surface area (Å²) in [5.41, 5.74) is 1.36. The van der Waals surface area contributed by atoms with Gasteiger partial charge >= 0.3 is 37.7 Å². The SMILES string of the molecule is CCCCCc1cccnc1.[CaH2]. The van der Waals surface area contributed by atoms with E-state index in [1.807, 2.05) is 18.5 Å². The number of hydrogen-bond donors (Lipinski definition) is 0. The first-order valence-electron chi connectivity index (χ1n) is 4.32. The summed E-state index contributed by atoms with van der Waals surface area (Å²) < 4.78 is 0. The topological polar surface area (TPSA) is 12.9 Å². The summed E-state index contributed by atoms with van der Waals surface area (Å²) in [4.78, 5) is 4.06. The maximum absolute atomic E-state index is 4.06. The van der Waals surface area contributed by atoms with Gasteiger partial charge in [-0.3, -0.25) is 4.98 Å². The van der Waals surface area contributed by atoms with Gasteiger partial charge in [0.1, 0.15) is 0 Å². The number of pyridine rings is 1. The zero-order valence-electron chi connectivity index (χ0n) is 7.09. The van der Waals surface area contributed by atoms with Crippen LogP contribution in [0.3, 0.4) is 0 Å². The molecule has 0 aliphatic carbocycles. The van der Waals surface area contributed by atoms with E-state index in [4.69, 9.17) is 0 Å². The van der Waals surface area contributed by atoms with Crippen molar-refractivity contribution < 1.29 is 0 Å². The van der Waals surface area contributed by atoms with Gasteiger partial charge in [0.05, 0.1) is 0 Å². The number of aromatic nitrogens is 1. The van der Waals surface area contributed by atoms with Crippen LogP contribution in [0.25, 0.3) is 0 Å². The summed E-state index contributed by atoms with van der Waals surface area (Å²) in [5, 5.41) is 0. The average Bonchev–Trinajstić information content (AvgIpc) is 2.07. The molecule has 12 heavy (non-hydrogen) atoms. The summed E-state index contributed by atoms with van der Waals surface area (Å²) in [6.07, 6.45) is 8.87. The molecule has 0 saturated heterocycles. The normalized spacial score (nSPS) is 9.08. The molecule has 0 bridgehead atoms. The first-order chi connectivity index (χ1) is 5.43. The van der Waals surface area contributed by atoms with E-state index in [1.165, 1.54) is 31.2 Å². The molecular weight excluding hydrogens is 174 g/mol. The second-order valence-corrected chi connectivity index (χ2v) is 2.82. The van der Waals surface area contributed by atoms with Crippen LogP contribution in [0.5, 0.6) is 0 Å². The van der Waals surface area contributed by atoms with Gasteiger partial charge < -0.3 is 0 Å². The molecule has 0 radical (unpaired) electrons. The third kappa shape index (κ3) is 5.13. The van der Waals surface area contributed by atoms with Crippen LogP contribution in [0, 0.1) is 0 Å². The van der Waals surface area contributed by atoms with Gasteiger partial charge in [0.2, 0.25) is 0 Å². The molecule has 1 rings (SSSR count). The molecule has 0 fully saturated rings. The molecule has 0 N–H and O–H groups in total. The third-order valence-electron chi connectivity index (χ3n) is 1.79. The summed E-state index contributed by atoms with van der Waals surface area (Å²) in [6.45, 7) is 2.23. The van der Waals surface area contributed by atoms with Gasteiger partial charge in [-0.15, -0.1) is 0 Å². The van der Waals surface area contributed by atoms with Crippen molar-refractivity contribution in [2.75, 3.05) is 0 Å². The minimum absolute atomic E-state index is 0. The fraction of sp³-hybridized carbons (Fsp3) is 0.500. The second kappa shape index (κ2) is 8.03. The molecule has 1 nitrogen and oxygen atoms in total. The number of hydrogen-bond acceptors (Lipinski definition) is 1. The molecule has 1 aromatic heterocycles. The molecular formula is C10H17CaN. The van der Waals surface area contributed by atoms with Gasteiger partial charge in [-0.05, 0) is 24.5 Å². The predicted molar refractivity (Wildman–Crippen MR) is 56.0 cm³/mol. The van der Waals surface area contributed by atoms with Crippen LogP contribution in [-0.2, 0) is 6.42 Å². The zero-order valence-corrected chi connectivity index (χ0v) is 7.09. The van der Waals surface area contributed by atoms with Crippen molar-refractivity contribution in [2.45, 2.75) is 32.6 Å². The number of aryl methyl sites for hydroxylation is 1. The van der Waals surface area contributed by atoms with Gasteiger partial charge in [-0.25, -0.2) is 0 Å². The van der Waals surface area contributed by atoms with Gasteiger partial charge in [-0.2, -0.15) is 0 Å². The molecule has 0 aromatic carbocycles. The van der Waals surface area contributed by atoms with Gasteiger partial charge in [0.25, 0.3) is 0 Å². The van der Waals surface area contributed by atoms with E-state index < -0.39 is 0 Å². The Morgan fingerprint density at radius 1 is 1.33 bits per heavy atom. The molecule has 64 valence electrons. The van der Waals surface area contributed by atoms with Gasteiger partial charge in [0, 0.05) is 12.4 Å². The van der Waals surface area contributed by atoms with E-state index >= 15 is 0 Å². The Bertz CT molecular complexity index is 186. The Balaban J connectivity index is 0.00000121. The van der Waals surface area contributed by atoms with Crippen LogP contribution < -0.4 is 0 Å². The fourth-order valence-corrected chi connectivity index (χ4v) is 1.13. The maximum atomic E-state index is 4.06. The molecule has 0 spiro atoms. The molecule has 0 unspecified atom stereocenters. The molecule has 1 aromatic rings. The van der Waals surface area contributed by atoms with Crippen LogP contribution in [-0.4, -0.2) is 42.7 Å². The Morgan fingerprint density at radius 2 is 2.17 bits per heavy atom. The van der Waals surface area contributed by atoms with E-state index in [0.717, 1.165) is 0 Å². The van der Waals surface area contributed by atoms with Crippen molar-refractivity contribution >= 4 is 37.7 Å². The van der Waals surface area contributed by atoms with E-state index in [-0.39, 0.29) is 37.7 Å². The molecule has 2 heteroatoms. The molecule has 0 saturated carbocycles. The average molecular weight is 191 g/mol. The van der Waals surface area contributed by atoms with Crippen LogP contribution >= 0.6 is 0 Å². The van der Waals surface area contributed by atoms with Crippen molar-refractivity contribution in [1.82, 2.24) is 4.98 Å². The number of nitrogens with zero attached hydrogens (tertiary/aromatic N) is 1. The predicted octanol–water partition coefficient (Wildman–Crippen LogP) is 1.90. The van der Waals surface area contributed by atoms with Gasteiger partial charge in [0.15, 0.2) is 0 Å². The standard InChI is InChI=1S/C10H15N.Ca.2H/c1-2-3-4-6-10-7-5-8-11-9-10;;;/h5,7-9H,2-4,6H2,1H3;;;. The minimum atomic E-state index is 0. The zero-order chi connectivity index (χ0) is 7.94. The van der Waals surface area contributed by atoms with Crippen molar-refractivity contribution in [2.24, 2.45) is 0 Å². The van der Waals surface area contributed by atoms with Crippen molar-refractivity contribution in [3.8, 4) is 0 Å². The fourth-order valence-electron chi connectivity index (χ4n) is 1.13. The monoisotopic (exact) mass is 191 g/mol. The van der Waals surface area contributed by atoms with E-state index in [2.05, 4.69) is 18.0 Å². The number of unbranched alkanes of at least 4 members (excludes halogenated alkanes) is 2. The molecule has 0 amide bonds. The number of rotatable bonds is 4. The van der Waals surface area contributed by atoms with Crippen LogP contribution in [0.4, 0.5) is 0 Å². The summed E-state index contributed by atoms with van der Waals surface area (Å²) in [5.74, 6) is 0. The van der Waals surface area contributed by atoms with Crippen LogP contribution in [0.2, 0.25) is 0 Å². The summed E-state index contributed by atoms with van der Waals surface area (Å²) in [7, 11) is 0.